The van der Waals surface area contributed by atoms with Crippen molar-refractivity contribution in [1.29, 1.82) is 0 Å². The van der Waals surface area contributed by atoms with Gasteiger partial charge in [-0.2, -0.15) is 5.10 Å². The van der Waals surface area contributed by atoms with Crippen LogP contribution in [0.15, 0.2) is 90.0 Å². The molecule has 2 N–H and O–H groups in total. The lowest BCUT2D eigenvalue weighted by Gasteiger charge is -2.10. The topological polar surface area (TPSA) is 61.7 Å². The lowest BCUT2D eigenvalue weighted by Crippen LogP contribution is -2.25. The normalized spacial score (nSPS) is 12.5. The Balaban J connectivity index is 1.65. The van der Waals surface area contributed by atoms with Crippen LogP contribution in [0.3, 0.4) is 0 Å². The van der Waals surface area contributed by atoms with Crippen LogP contribution in [-0.4, -0.2) is 17.2 Å². The van der Waals surface area contributed by atoms with Crippen molar-refractivity contribution in [2.24, 2.45) is 5.10 Å². The third-order valence-corrected chi connectivity index (χ3v) is 4.54. The standard InChI is InChI=1S/C23H18N2O2/c26-22(16-8-2-1-3-9-16)23(27)25-24-15-21-19-12-6-4-10-17(19)14-18-11-5-7-13-20(18)21/h1-15,22,26H,(H,25,27)/b24-15-/t22-/m1/s1. The van der Waals surface area contributed by atoms with Gasteiger partial charge in [0.2, 0.25) is 0 Å². The third kappa shape index (κ3) is 3.43. The quantitative estimate of drug-likeness (QED) is 0.328. The summed E-state index contributed by atoms with van der Waals surface area (Å²) in [6.07, 6.45) is 0.382. The summed E-state index contributed by atoms with van der Waals surface area (Å²) in [4.78, 5) is 12.2. The molecule has 0 aromatic heterocycles. The molecule has 0 aliphatic heterocycles. The first kappa shape index (κ1) is 16.9. The Morgan fingerprint density at radius 2 is 1.41 bits per heavy atom. The van der Waals surface area contributed by atoms with Gasteiger partial charge in [0, 0.05) is 5.56 Å². The third-order valence-electron chi connectivity index (χ3n) is 4.54. The van der Waals surface area contributed by atoms with E-state index in [4.69, 9.17) is 0 Å². The number of aliphatic hydroxyl groups excluding tert-OH is 1. The van der Waals surface area contributed by atoms with Crippen molar-refractivity contribution in [2.75, 3.05) is 0 Å². The summed E-state index contributed by atoms with van der Waals surface area (Å²) in [7, 11) is 0. The predicted molar refractivity (Wildman–Crippen MR) is 109 cm³/mol. The van der Waals surface area contributed by atoms with E-state index < -0.39 is 12.0 Å². The lowest BCUT2D eigenvalue weighted by atomic mass is 9.97. The highest BCUT2D eigenvalue weighted by Gasteiger charge is 2.16. The van der Waals surface area contributed by atoms with E-state index in [2.05, 4.69) is 28.7 Å². The number of aliphatic hydroxyl groups is 1. The van der Waals surface area contributed by atoms with Crippen LogP contribution < -0.4 is 5.43 Å². The Kier molecular flexibility index (Phi) is 4.64. The largest absolute Gasteiger partial charge is 0.378 e. The summed E-state index contributed by atoms with van der Waals surface area (Å²) in [5.41, 5.74) is 3.90. The average Bonchev–Trinajstić information content (AvgIpc) is 2.73. The Bertz CT molecular complexity index is 1080. The molecule has 0 saturated carbocycles. The van der Waals surface area contributed by atoms with Gasteiger partial charge >= 0.3 is 0 Å². The Morgan fingerprint density at radius 1 is 0.852 bits per heavy atom. The van der Waals surface area contributed by atoms with E-state index in [1.165, 1.54) is 0 Å². The number of hydrogen-bond donors (Lipinski definition) is 2. The second-order valence-corrected chi connectivity index (χ2v) is 6.28. The fraction of sp³-hybridized carbons (Fsp3) is 0.0435. The van der Waals surface area contributed by atoms with E-state index in [1.807, 2.05) is 42.5 Å². The van der Waals surface area contributed by atoms with Crippen molar-refractivity contribution in [3.63, 3.8) is 0 Å². The van der Waals surface area contributed by atoms with Crippen LogP contribution in [-0.2, 0) is 4.79 Å². The van der Waals surface area contributed by atoms with Gasteiger partial charge in [0.1, 0.15) is 0 Å². The van der Waals surface area contributed by atoms with Gasteiger partial charge < -0.3 is 5.11 Å². The molecule has 4 aromatic carbocycles. The molecule has 0 unspecified atom stereocenters. The van der Waals surface area contributed by atoms with Gasteiger partial charge in [0.25, 0.3) is 5.91 Å². The molecule has 0 aliphatic rings. The minimum Gasteiger partial charge on any atom is -0.378 e. The van der Waals surface area contributed by atoms with Crippen LogP contribution in [0.25, 0.3) is 21.5 Å². The first-order chi connectivity index (χ1) is 13.2. The van der Waals surface area contributed by atoms with E-state index in [1.54, 1.807) is 30.5 Å². The first-order valence-electron chi connectivity index (χ1n) is 8.70. The summed E-state index contributed by atoms with van der Waals surface area (Å²) >= 11 is 0. The maximum absolute atomic E-state index is 12.2. The maximum atomic E-state index is 12.2. The first-order valence-corrected chi connectivity index (χ1v) is 8.70. The molecule has 4 nitrogen and oxygen atoms in total. The number of amides is 1. The number of carbonyl (C=O) groups excluding carboxylic acids is 1. The molecule has 0 bridgehead atoms. The van der Waals surface area contributed by atoms with E-state index in [-0.39, 0.29) is 0 Å². The van der Waals surface area contributed by atoms with Crippen LogP contribution in [0.1, 0.15) is 17.2 Å². The summed E-state index contributed by atoms with van der Waals surface area (Å²) in [5, 5.41) is 18.6. The summed E-state index contributed by atoms with van der Waals surface area (Å²) in [6, 6.07) is 27.0. The molecule has 1 amide bonds. The molecule has 0 saturated heterocycles. The molecule has 0 aliphatic carbocycles. The molecular weight excluding hydrogens is 336 g/mol. The highest BCUT2D eigenvalue weighted by atomic mass is 16.3. The SMILES string of the molecule is O=C(N/N=C\c1c2ccccc2cc2ccccc12)[C@H](O)c1ccccc1. The van der Waals surface area contributed by atoms with Gasteiger partial charge in [-0.05, 0) is 33.2 Å². The number of hydrogen-bond acceptors (Lipinski definition) is 3. The van der Waals surface area contributed by atoms with Crippen molar-refractivity contribution >= 4 is 33.7 Å². The van der Waals surface area contributed by atoms with Crippen molar-refractivity contribution in [3.8, 4) is 0 Å². The molecule has 0 fully saturated rings. The molecular formula is C23H18N2O2. The minimum absolute atomic E-state index is 0.529. The number of hydrazone groups is 1. The zero-order valence-electron chi connectivity index (χ0n) is 14.5. The van der Waals surface area contributed by atoms with Gasteiger partial charge in [-0.1, -0.05) is 78.9 Å². The highest BCUT2D eigenvalue weighted by molar-refractivity contribution is 6.13. The zero-order chi connectivity index (χ0) is 18.6. The molecule has 132 valence electrons. The maximum Gasteiger partial charge on any atom is 0.273 e. The summed E-state index contributed by atoms with van der Waals surface area (Å²) < 4.78 is 0. The average molecular weight is 354 g/mol. The smallest absolute Gasteiger partial charge is 0.273 e. The van der Waals surface area contributed by atoms with Crippen LogP contribution in [0.5, 0.6) is 0 Å². The van der Waals surface area contributed by atoms with Crippen LogP contribution in [0, 0.1) is 0 Å². The van der Waals surface area contributed by atoms with E-state index in [0.29, 0.717) is 5.56 Å². The molecule has 0 spiro atoms. The summed E-state index contributed by atoms with van der Waals surface area (Å²) in [6.45, 7) is 0. The Hall–Kier alpha value is -3.50. The van der Waals surface area contributed by atoms with Gasteiger partial charge in [-0.15, -0.1) is 0 Å². The predicted octanol–water partition coefficient (Wildman–Crippen LogP) is 4.18. The molecule has 1 atom stereocenters. The molecule has 0 heterocycles. The second kappa shape index (κ2) is 7.40. The molecule has 27 heavy (non-hydrogen) atoms. The highest BCUT2D eigenvalue weighted by Crippen LogP contribution is 2.27. The van der Waals surface area contributed by atoms with E-state index >= 15 is 0 Å². The minimum atomic E-state index is -1.26. The van der Waals surface area contributed by atoms with Gasteiger partial charge in [0.15, 0.2) is 6.10 Å². The molecule has 0 radical (unpaired) electrons. The Morgan fingerprint density at radius 3 is 2.04 bits per heavy atom. The molecule has 4 rings (SSSR count). The van der Waals surface area contributed by atoms with Gasteiger partial charge in [0.05, 0.1) is 6.21 Å². The van der Waals surface area contributed by atoms with E-state index in [9.17, 15) is 9.90 Å². The molecule has 4 aromatic rings. The fourth-order valence-corrected chi connectivity index (χ4v) is 3.20. The lowest BCUT2D eigenvalue weighted by molar-refractivity contribution is -0.129. The van der Waals surface area contributed by atoms with Crippen molar-refractivity contribution in [1.82, 2.24) is 5.43 Å². The fourth-order valence-electron chi connectivity index (χ4n) is 3.20. The van der Waals surface area contributed by atoms with Crippen LogP contribution in [0.4, 0.5) is 0 Å². The number of rotatable bonds is 4. The monoisotopic (exact) mass is 354 g/mol. The second-order valence-electron chi connectivity index (χ2n) is 6.28. The number of benzene rings is 4. The van der Waals surface area contributed by atoms with Crippen molar-refractivity contribution < 1.29 is 9.90 Å². The Labute approximate surface area is 156 Å². The zero-order valence-corrected chi connectivity index (χ0v) is 14.5. The van der Waals surface area contributed by atoms with Crippen LogP contribution in [0.2, 0.25) is 0 Å². The number of nitrogens with zero attached hydrogens (tertiary/aromatic N) is 1. The van der Waals surface area contributed by atoms with Crippen molar-refractivity contribution in [3.05, 3.63) is 96.1 Å². The van der Waals surface area contributed by atoms with E-state index in [0.717, 1.165) is 27.1 Å². The number of nitrogens with one attached hydrogen (secondary N) is 1. The van der Waals surface area contributed by atoms with Crippen LogP contribution >= 0.6 is 0 Å². The summed E-state index contributed by atoms with van der Waals surface area (Å²) in [5.74, 6) is -0.568. The number of fused-ring (bicyclic) bond motifs is 2. The van der Waals surface area contributed by atoms with Crippen molar-refractivity contribution in [2.45, 2.75) is 6.10 Å². The van der Waals surface area contributed by atoms with Gasteiger partial charge in [-0.3, -0.25) is 4.79 Å². The number of carbonyl (C=O) groups is 1. The van der Waals surface area contributed by atoms with Gasteiger partial charge in [-0.25, -0.2) is 5.43 Å². The molecule has 4 heteroatoms.